The van der Waals surface area contributed by atoms with E-state index in [2.05, 4.69) is 29.6 Å². The molecular weight excluding hydrogens is 452 g/mol. The van der Waals surface area contributed by atoms with Gasteiger partial charge in [0.05, 0.1) is 25.4 Å². The topological polar surface area (TPSA) is 67.9 Å². The second-order valence-electron chi connectivity index (χ2n) is 11.0. The van der Waals surface area contributed by atoms with E-state index in [-0.39, 0.29) is 23.1 Å². The number of carbonyl (C=O) groups is 2. The van der Waals surface area contributed by atoms with Crippen molar-refractivity contribution in [3.8, 4) is 5.75 Å². The predicted molar refractivity (Wildman–Crippen MR) is 137 cm³/mol. The molecule has 36 heavy (non-hydrogen) atoms. The number of nitrogens with one attached hydrogen (secondary N) is 1. The number of amides is 1. The summed E-state index contributed by atoms with van der Waals surface area (Å²) in [5.74, 6) is 1.35. The van der Waals surface area contributed by atoms with Crippen molar-refractivity contribution in [1.29, 1.82) is 0 Å². The first-order chi connectivity index (χ1) is 17.6. The summed E-state index contributed by atoms with van der Waals surface area (Å²) in [4.78, 5) is 29.0. The van der Waals surface area contributed by atoms with Crippen LogP contribution in [0.15, 0.2) is 42.5 Å². The van der Waals surface area contributed by atoms with Crippen molar-refractivity contribution in [3.63, 3.8) is 0 Å². The Morgan fingerprint density at radius 1 is 1.06 bits per heavy atom. The number of fused-ring (bicyclic) bond motifs is 3. The van der Waals surface area contributed by atoms with Gasteiger partial charge in [-0.3, -0.25) is 9.59 Å². The molecule has 6 nitrogen and oxygen atoms in total. The molecule has 3 fully saturated rings. The molecule has 4 aliphatic rings. The van der Waals surface area contributed by atoms with E-state index in [1.54, 1.807) is 12.1 Å². The number of piperidine rings is 1. The van der Waals surface area contributed by atoms with E-state index < -0.39 is 0 Å². The van der Waals surface area contributed by atoms with Gasteiger partial charge < -0.3 is 19.7 Å². The lowest BCUT2D eigenvalue weighted by Crippen LogP contribution is -2.57. The number of benzene rings is 2. The van der Waals surface area contributed by atoms with E-state index >= 15 is 0 Å². The first-order valence-electron chi connectivity index (χ1n) is 13.6. The quantitative estimate of drug-likeness (QED) is 0.637. The molecule has 1 amide bonds. The number of likely N-dealkylation sites (tertiary alicyclic amines) is 1. The number of rotatable bonds is 5. The summed E-state index contributed by atoms with van der Waals surface area (Å²) in [5, 5.41) is 3.78. The minimum Gasteiger partial charge on any atom is -0.493 e. The average molecular weight is 489 g/mol. The highest BCUT2D eigenvalue weighted by molar-refractivity contribution is 6.02. The van der Waals surface area contributed by atoms with Crippen LogP contribution in [-0.2, 0) is 17.7 Å². The highest BCUT2D eigenvalue weighted by Gasteiger charge is 2.44. The number of ketones is 1. The lowest BCUT2D eigenvalue weighted by atomic mass is 9.78. The van der Waals surface area contributed by atoms with Gasteiger partial charge >= 0.3 is 0 Å². The Hall–Kier alpha value is -2.70. The van der Waals surface area contributed by atoms with Crippen molar-refractivity contribution in [1.82, 2.24) is 10.2 Å². The number of hydrogen-bond acceptors (Lipinski definition) is 5. The molecule has 2 aromatic rings. The van der Waals surface area contributed by atoms with Gasteiger partial charge in [-0.05, 0) is 74.1 Å². The van der Waals surface area contributed by atoms with Crippen LogP contribution in [0, 0.1) is 17.8 Å². The van der Waals surface area contributed by atoms with Gasteiger partial charge in [0.2, 0.25) is 0 Å². The van der Waals surface area contributed by atoms with Crippen LogP contribution < -0.4 is 10.1 Å². The van der Waals surface area contributed by atoms with Gasteiger partial charge in [0, 0.05) is 36.7 Å². The minimum atomic E-state index is -0.00496. The molecule has 3 aliphatic heterocycles. The summed E-state index contributed by atoms with van der Waals surface area (Å²) in [6.45, 7) is 6.04. The predicted octanol–water partition coefficient (Wildman–Crippen LogP) is 4.26. The molecule has 0 radical (unpaired) electrons. The molecule has 2 atom stereocenters. The van der Waals surface area contributed by atoms with Crippen molar-refractivity contribution in [3.05, 3.63) is 64.7 Å². The SMILES string of the molecule is CCOc1cc(C(=O)C2C3CCC2COC3)ccc1C(=O)N1CCC2(CC1)Cc1ccccc1CN2. The first-order valence-corrected chi connectivity index (χ1v) is 13.6. The Morgan fingerprint density at radius 3 is 2.50 bits per heavy atom. The molecule has 190 valence electrons. The number of carbonyl (C=O) groups excluding carboxylic acids is 2. The van der Waals surface area contributed by atoms with Crippen LogP contribution in [0.25, 0.3) is 0 Å². The summed E-state index contributed by atoms with van der Waals surface area (Å²) < 4.78 is 11.6. The number of nitrogens with zero attached hydrogens (tertiary/aromatic N) is 1. The minimum absolute atomic E-state index is 0.00496. The van der Waals surface area contributed by atoms with Crippen molar-refractivity contribution in [2.75, 3.05) is 32.9 Å². The van der Waals surface area contributed by atoms with Crippen molar-refractivity contribution in [2.45, 2.75) is 51.1 Å². The Morgan fingerprint density at radius 2 is 1.78 bits per heavy atom. The highest BCUT2D eigenvalue weighted by Crippen LogP contribution is 2.43. The Balaban J connectivity index is 1.17. The Kier molecular flexibility index (Phi) is 6.34. The zero-order chi connectivity index (χ0) is 24.7. The lowest BCUT2D eigenvalue weighted by Gasteiger charge is -2.45. The fourth-order valence-electron chi connectivity index (χ4n) is 6.94. The molecule has 2 bridgehead atoms. The maximum absolute atomic E-state index is 13.6. The van der Waals surface area contributed by atoms with Crippen molar-refractivity contribution in [2.24, 2.45) is 17.8 Å². The largest absolute Gasteiger partial charge is 0.493 e. The summed E-state index contributed by atoms with van der Waals surface area (Å²) >= 11 is 0. The first kappa shape index (κ1) is 23.7. The third kappa shape index (κ3) is 4.24. The van der Waals surface area contributed by atoms with Crippen LogP contribution in [0.3, 0.4) is 0 Å². The van der Waals surface area contributed by atoms with E-state index in [4.69, 9.17) is 9.47 Å². The third-order valence-electron chi connectivity index (χ3n) is 9.00. The van der Waals surface area contributed by atoms with Crippen LogP contribution in [0.2, 0.25) is 0 Å². The van der Waals surface area contributed by atoms with Gasteiger partial charge in [-0.25, -0.2) is 0 Å². The van der Waals surface area contributed by atoms with Crippen LogP contribution in [-0.4, -0.2) is 55.0 Å². The molecule has 3 heterocycles. The molecule has 1 aliphatic carbocycles. The average Bonchev–Trinajstić information content (AvgIpc) is 3.16. The van der Waals surface area contributed by atoms with Gasteiger partial charge in [-0.1, -0.05) is 30.3 Å². The monoisotopic (exact) mass is 488 g/mol. The standard InChI is InChI=1S/C30H36N2O4/c1-2-36-26-15-20(28(33)27-23-7-8-24(27)19-35-18-23)9-10-25(26)29(34)32-13-11-30(12-14-32)16-21-5-3-4-6-22(21)17-31-30/h3-6,9-10,15,23-24,27,31H,2,7-8,11-14,16-19H2,1H3. The molecule has 6 heteroatoms. The summed E-state index contributed by atoms with van der Waals surface area (Å²) in [6.07, 6.45) is 5.00. The Bertz CT molecular complexity index is 1140. The molecule has 1 N–H and O–H groups in total. The highest BCUT2D eigenvalue weighted by atomic mass is 16.5. The van der Waals surface area contributed by atoms with E-state index in [1.165, 1.54) is 11.1 Å². The molecule has 2 unspecified atom stereocenters. The summed E-state index contributed by atoms with van der Waals surface area (Å²) in [6, 6.07) is 14.1. The van der Waals surface area contributed by atoms with E-state index in [9.17, 15) is 9.59 Å². The Labute approximate surface area is 213 Å². The fourth-order valence-corrected chi connectivity index (χ4v) is 6.94. The van der Waals surface area contributed by atoms with Crippen LogP contribution in [0.1, 0.15) is 64.4 Å². The summed E-state index contributed by atoms with van der Waals surface area (Å²) in [7, 11) is 0. The molecule has 6 rings (SSSR count). The maximum atomic E-state index is 13.6. The van der Waals surface area contributed by atoms with Crippen molar-refractivity contribution < 1.29 is 19.1 Å². The molecule has 1 spiro atoms. The smallest absolute Gasteiger partial charge is 0.257 e. The van der Waals surface area contributed by atoms with E-state index in [1.807, 2.05) is 17.9 Å². The van der Waals surface area contributed by atoms with Gasteiger partial charge in [0.1, 0.15) is 5.75 Å². The van der Waals surface area contributed by atoms with E-state index in [0.29, 0.717) is 61.6 Å². The second kappa shape index (κ2) is 9.64. The van der Waals surface area contributed by atoms with Gasteiger partial charge in [-0.15, -0.1) is 0 Å². The third-order valence-corrected chi connectivity index (χ3v) is 9.00. The molecule has 2 aromatic carbocycles. The van der Waals surface area contributed by atoms with Gasteiger partial charge in [0.15, 0.2) is 5.78 Å². The second-order valence-corrected chi connectivity index (χ2v) is 11.0. The van der Waals surface area contributed by atoms with Crippen LogP contribution >= 0.6 is 0 Å². The lowest BCUT2D eigenvalue weighted by molar-refractivity contribution is 0.0105. The fraction of sp³-hybridized carbons (Fsp3) is 0.533. The number of hydrogen-bond donors (Lipinski definition) is 1. The normalized spacial score (nSPS) is 26.5. The molecule has 0 aromatic heterocycles. The van der Waals surface area contributed by atoms with Crippen molar-refractivity contribution >= 4 is 11.7 Å². The zero-order valence-corrected chi connectivity index (χ0v) is 21.1. The van der Waals surface area contributed by atoms with Crippen LogP contribution in [0.4, 0.5) is 0 Å². The number of Topliss-reactive ketones (excluding diaryl/α,β-unsaturated/α-hetero) is 1. The zero-order valence-electron chi connectivity index (χ0n) is 21.1. The van der Waals surface area contributed by atoms with Gasteiger partial charge in [-0.2, -0.15) is 0 Å². The van der Waals surface area contributed by atoms with E-state index in [0.717, 1.165) is 38.6 Å². The summed E-state index contributed by atoms with van der Waals surface area (Å²) in [5.41, 5.74) is 4.08. The van der Waals surface area contributed by atoms with Crippen LogP contribution in [0.5, 0.6) is 5.75 Å². The molecule has 2 saturated heterocycles. The molecular formula is C30H36N2O4. The maximum Gasteiger partial charge on any atom is 0.257 e. The van der Waals surface area contributed by atoms with Gasteiger partial charge in [0.25, 0.3) is 5.91 Å². The molecule has 1 saturated carbocycles. The number of ether oxygens (including phenoxy) is 2.